The Hall–Kier alpha value is -1.35. The number of nitrogen functional groups attached to an aromatic ring is 1. The molecule has 1 rings (SSSR count). The van der Waals surface area contributed by atoms with Gasteiger partial charge in [0, 0.05) is 12.2 Å². The number of nitrogens with two attached hydrogens (primary N) is 1. The smallest absolute Gasteiger partial charge is 0.390 e. The number of anilines is 1. The third-order valence-corrected chi connectivity index (χ3v) is 3.42. The van der Waals surface area contributed by atoms with E-state index in [0.717, 1.165) is 18.2 Å². The van der Waals surface area contributed by atoms with Crippen molar-refractivity contribution in [3.05, 3.63) is 24.0 Å². The summed E-state index contributed by atoms with van der Waals surface area (Å²) in [5, 5.41) is 0. The highest BCUT2D eigenvalue weighted by Crippen LogP contribution is 2.20. The van der Waals surface area contributed by atoms with Crippen molar-refractivity contribution < 1.29 is 26.0 Å². The molecule has 0 spiro atoms. The molecule has 0 saturated carbocycles. The van der Waals surface area contributed by atoms with Crippen molar-refractivity contribution >= 4 is 15.7 Å². The molecule has 3 N–H and O–H groups in total. The Bertz CT molecular complexity index is 528. The van der Waals surface area contributed by atoms with Crippen LogP contribution in [0.4, 0.5) is 23.2 Å². The summed E-state index contributed by atoms with van der Waals surface area (Å²) in [7, 11) is -4.34. The summed E-state index contributed by atoms with van der Waals surface area (Å²) in [6.45, 7) is -0.861. The minimum atomic E-state index is -4.49. The maximum atomic E-state index is 13.2. The maximum absolute atomic E-state index is 13.2. The molecule has 0 saturated heterocycles. The van der Waals surface area contributed by atoms with Crippen LogP contribution < -0.4 is 10.5 Å². The number of sulfonamides is 1. The predicted octanol–water partition coefficient (Wildman–Crippen LogP) is 1.64. The Kier molecular flexibility index (Phi) is 4.17. The van der Waals surface area contributed by atoms with Crippen LogP contribution in [-0.2, 0) is 10.0 Å². The van der Waals surface area contributed by atoms with Gasteiger partial charge < -0.3 is 5.73 Å². The average molecular weight is 286 g/mol. The number of nitrogens with one attached hydrogen (secondary N) is 1. The van der Waals surface area contributed by atoms with Crippen LogP contribution in [0.5, 0.6) is 0 Å². The Morgan fingerprint density at radius 3 is 2.44 bits per heavy atom. The molecule has 0 fully saturated rings. The molecule has 1 aromatic carbocycles. The second-order valence-electron chi connectivity index (χ2n) is 3.45. The first-order valence-electron chi connectivity index (χ1n) is 4.73. The fraction of sp³-hybridized carbons (Fsp3) is 0.333. The standard InChI is InChI=1S/C9H10F4N2O2S/c10-7-2-1-6(14)5-8(7)18(16,17)15-4-3-9(11,12)13/h1-2,5,15H,3-4,14H2. The Morgan fingerprint density at radius 2 is 1.89 bits per heavy atom. The molecule has 0 bridgehead atoms. The Morgan fingerprint density at radius 1 is 1.28 bits per heavy atom. The van der Waals surface area contributed by atoms with E-state index in [1.807, 2.05) is 0 Å². The molecule has 0 aliphatic carbocycles. The number of rotatable bonds is 4. The first kappa shape index (κ1) is 14.7. The SMILES string of the molecule is Nc1ccc(F)c(S(=O)(=O)NCCC(F)(F)F)c1. The highest BCUT2D eigenvalue weighted by atomic mass is 32.2. The molecule has 1 aromatic rings. The first-order chi connectivity index (χ1) is 8.12. The second-order valence-corrected chi connectivity index (χ2v) is 5.19. The monoisotopic (exact) mass is 286 g/mol. The zero-order chi connectivity index (χ0) is 14.0. The molecule has 18 heavy (non-hydrogen) atoms. The van der Waals surface area contributed by atoms with E-state index in [1.54, 1.807) is 4.72 Å². The maximum Gasteiger partial charge on any atom is 0.390 e. The van der Waals surface area contributed by atoms with Gasteiger partial charge in [-0.25, -0.2) is 17.5 Å². The van der Waals surface area contributed by atoms with Gasteiger partial charge in [0.2, 0.25) is 10.0 Å². The molecule has 0 aliphatic rings. The van der Waals surface area contributed by atoms with E-state index in [9.17, 15) is 26.0 Å². The quantitative estimate of drug-likeness (QED) is 0.653. The summed E-state index contributed by atoms with van der Waals surface area (Å²) in [5.74, 6) is -1.08. The molecule has 0 unspecified atom stereocenters. The lowest BCUT2D eigenvalue weighted by atomic mass is 10.3. The van der Waals surface area contributed by atoms with Gasteiger partial charge in [-0.2, -0.15) is 13.2 Å². The lowest BCUT2D eigenvalue weighted by molar-refractivity contribution is -0.132. The second kappa shape index (κ2) is 5.11. The van der Waals surface area contributed by atoms with Crippen molar-refractivity contribution in [3.8, 4) is 0 Å². The number of hydrogen-bond acceptors (Lipinski definition) is 3. The van der Waals surface area contributed by atoms with Gasteiger partial charge in [-0.1, -0.05) is 0 Å². The topological polar surface area (TPSA) is 72.2 Å². The van der Waals surface area contributed by atoms with E-state index in [4.69, 9.17) is 5.73 Å². The number of benzene rings is 1. The highest BCUT2D eigenvalue weighted by molar-refractivity contribution is 7.89. The van der Waals surface area contributed by atoms with Gasteiger partial charge in [0.1, 0.15) is 10.7 Å². The van der Waals surface area contributed by atoms with Gasteiger partial charge in [-0.15, -0.1) is 0 Å². The molecular weight excluding hydrogens is 276 g/mol. The molecule has 0 radical (unpaired) electrons. The summed E-state index contributed by atoms with van der Waals surface area (Å²) in [5.41, 5.74) is 5.28. The van der Waals surface area contributed by atoms with Crippen LogP contribution >= 0.6 is 0 Å². The van der Waals surface area contributed by atoms with E-state index < -0.39 is 39.9 Å². The fourth-order valence-electron chi connectivity index (χ4n) is 1.13. The Balaban J connectivity index is 2.84. The third kappa shape index (κ3) is 4.15. The largest absolute Gasteiger partial charge is 0.399 e. The summed E-state index contributed by atoms with van der Waals surface area (Å²) in [6.07, 6.45) is -5.83. The Labute approximate surface area is 101 Å². The van der Waals surface area contributed by atoms with E-state index >= 15 is 0 Å². The van der Waals surface area contributed by atoms with Gasteiger partial charge in [0.05, 0.1) is 6.42 Å². The van der Waals surface area contributed by atoms with Crippen LogP contribution in [0.25, 0.3) is 0 Å². The molecule has 9 heteroatoms. The fourth-order valence-corrected chi connectivity index (χ4v) is 2.27. The van der Waals surface area contributed by atoms with Crippen molar-refractivity contribution in [1.82, 2.24) is 4.72 Å². The summed E-state index contributed by atoms with van der Waals surface area (Å²) >= 11 is 0. The van der Waals surface area contributed by atoms with Crippen molar-refractivity contribution in [2.45, 2.75) is 17.5 Å². The molecule has 0 aliphatic heterocycles. The van der Waals surface area contributed by atoms with Crippen molar-refractivity contribution in [2.75, 3.05) is 12.3 Å². The van der Waals surface area contributed by atoms with E-state index in [1.165, 1.54) is 0 Å². The molecule has 0 heterocycles. The van der Waals surface area contributed by atoms with Crippen LogP contribution in [0.15, 0.2) is 23.1 Å². The predicted molar refractivity (Wildman–Crippen MR) is 56.7 cm³/mol. The summed E-state index contributed by atoms with van der Waals surface area (Å²) < 4.78 is 73.5. The van der Waals surface area contributed by atoms with Crippen LogP contribution in [0.1, 0.15) is 6.42 Å². The van der Waals surface area contributed by atoms with Crippen LogP contribution in [-0.4, -0.2) is 21.1 Å². The summed E-state index contributed by atoms with van der Waals surface area (Å²) in [6, 6.07) is 2.81. The number of alkyl halides is 3. The van der Waals surface area contributed by atoms with Crippen LogP contribution in [0.2, 0.25) is 0 Å². The lowest BCUT2D eigenvalue weighted by Gasteiger charge is -2.09. The molecule has 0 amide bonds. The highest BCUT2D eigenvalue weighted by Gasteiger charge is 2.28. The minimum Gasteiger partial charge on any atom is -0.399 e. The molecule has 4 nitrogen and oxygen atoms in total. The van der Waals surface area contributed by atoms with Crippen molar-refractivity contribution in [2.24, 2.45) is 0 Å². The van der Waals surface area contributed by atoms with E-state index in [-0.39, 0.29) is 5.69 Å². The zero-order valence-corrected chi connectivity index (χ0v) is 9.78. The molecule has 0 aromatic heterocycles. The van der Waals surface area contributed by atoms with Crippen LogP contribution in [0.3, 0.4) is 0 Å². The third-order valence-electron chi connectivity index (χ3n) is 1.95. The summed E-state index contributed by atoms with van der Waals surface area (Å²) in [4.78, 5) is -0.773. The van der Waals surface area contributed by atoms with Gasteiger partial charge in [0.15, 0.2) is 0 Å². The first-order valence-corrected chi connectivity index (χ1v) is 6.21. The molecular formula is C9H10F4N2O2S. The minimum absolute atomic E-state index is 0.00686. The lowest BCUT2D eigenvalue weighted by Crippen LogP contribution is -2.28. The van der Waals surface area contributed by atoms with Crippen LogP contribution in [0, 0.1) is 5.82 Å². The van der Waals surface area contributed by atoms with E-state index in [2.05, 4.69) is 0 Å². The zero-order valence-electron chi connectivity index (χ0n) is 8.96. The van der Waals surface area contributed by atoms with Crippen molar-refractivity contribution in [3.63, 3.8) is 0 Å². The molecule has 0 atom stereocenters. The number of hydrogen-bond donors (Lipinski definition) is 2. The normalized spacial score (nSPS) is 12.7. The molecule has 102 valence electrons. The van der Waals surface area contributed by atoms with Crippen molar-refractivity contribution in [1.29, 1.82) is 0 Å². The van der Waals surface area contributed by atoms with E-state index in [0.29, 0.717) is 0 Å². The van der Waals surface area contributed by atoms with Gasteiger partial charge in [-0.3, -0.25) is 0 Å². The number of halogens is 4. The van der Waals surface area contributed by atoms with Gasteiger partial charge >= 0.3 is 6.18 Å². The van der Waals surface area contributed by atoms with Gasteiger partial charge in [0.25, 0.3) is 0 Å². The average Bonchev–Trinajstić information content (AvgIpc) is 2.19. The van der Waals surface area contributed by atoms with Gasteiger partial charge in [-0.05, 0) is 18.2 Å².